The van der Waals surface area contributed by atoms with Gasteiger partial charge in [-0.15, -0.1) is 0 Å². The van der Waals surface area contributed by atoms with Gasteiger partial charge in [-0.05, 0) is 23.7 Å². The third-order valence-electron chi connectivity index (χ3n) is 2.77. The number of nitrogens with one attached hydrogen (secondary N) is 1. The van der Waals surface area contributed by atoms with Crippen LogP contribution in [0.2, 0.25) is 0 Å². The molecular weight excluding hydrogens is 202 g/mol. The van der Waals surface area contributed by atoms with Crippen molar-refractivity contribution in [2.45, 2.75) is 41.5 Å². The molecule has 0 aromatic heterocycles. The van der Waals surface area contributed by atoms with Gasteiger partial charge in [-0.25, -0.2) is 4.79 Å². The van der Waals surface area contributed by atoms with Gasteiger partial charge in [-0.3, -0.25) is 0 Å². The number of amides is 1. The van der Waals surface area contributed by atoms with Gasteiger partial charge in [0.05, 0.1) is 6.61 Å². The maximum Gasteiger partial charge on any atom is 0.407 e. The monoisotopic (exact) mass is 229 g/mol. The molecule has 0 atom stereocenters. The molecule has 3 heteroatoms. The van der Waals surface area contributed by atoms with Gasteiger partial charge in [0.1, 0.15) is 0 Å². The van der Waals surface area contributed by atoms with Crippen LogP contribution < -0.4 is 5.32 Å². The summed E-state index contributed by atoms with van der Waals surface area (Å²) in [5.74, 6) is 1.97. The molecule has 0 aliphatic rings. The summed E-state index contributed by atoms with van der Waals surface area (Å²) >= 11 is 0. The summed E-state index contributed by atoms with van der Waals surface area (Å²) in [5.41, 5.74) is 0. The van der Waals surface area contributed by atoms with E-state index in [1.807, 2.05) is 0 Å². The highest BCUT2D eigenvalue weighted by Crippen LogP contribution is 2.20. The minimum Gasteiger partial charge on any atom is -0.449 e. The third kappa shape index (κ3) is 6.70. The van der Waals surface area contributed by atoms with E-state index in [1.54, 1.807) is 0 Å². The predicted octanol–water partition coefficient (Wildman–Crippen LogP) is 3.30. The van der Waals surface area contributed by atoms with Crippen molar-refractivity contribution in [3.05, 3.63) is 0 Å². The highest BCUT2D eigenvalue weighted by atomic mass is 16.5. The van der Waals surface area contributed by atoms with Crippen molar-refractivity contribution >= 4 is 6.09 Å². The molecule has 1 amide bonds. The lowest BCUT2D eigenvalue weighted by molar-refractivity contribution is 0.0972. The largest absolute Gasteiger partial charge is 0.449 e. The van der Waals surface area contributed by atoms with Crippen molar-refractivity contribution in [1.29, 1.82) is 0 Å². The number of carbonyl (C=O) groups is 1. The minimum absolute atomic E-state index is 0.292. The van der Waals surface area contributed by atoms with E-state index in [0.29, 0.717) is 36.8 Å². The Balaban J connectivity index is 3.88. The summed E-state index contributed by atoms with van der Waals surface area (Å²) in [5, 5.41) is 2.75. The second-order valence-corrected chi connectivity index (χ2v) is 5.53. The Morgan fingerprint density at radius 2 is 1.56 bits per heavy atom. The van der Waals surface area contributed by atoms with Crippen molar-refractivity contribution in [2.24, 2.45) is 23.7 Å². The highest BCUT2D eigenvalue weighted by Gasteiger charge is 2.19. The van der Waals surface area contributed by atoms with Crippen LogP contribution in [0.1, 0.15) is 41.5 Å². The quantitative estimate of drug-likeness (QED) is 0.759. The molecule has 0 aromatic carbocycles. The number of alkyl carbamates (subject to hydrolysis) is 1. The van der Waals surface area contributed by atoms with Gasteiger partial charge in [0.2, 0.25) is 0 Å². The minimum atomic E-state index is -0.292. The third-order valence-corrected chi connectivity index (χ3v) is 2.77. The Hall–Kier alpha value is -0.730. The van der Waals surface area contributed by atoms with Crippen molar-refractivity contribution in [1.82, 2.24) is 5.32 Å². The van der Waals surface area contributed by atoms with Gasteiger partial charge in [0, 0.05) is 6.54 Å². The van der Waals surface area contributed by atoms with E-state index in [4.69, 9.17) is 4.74 Å². The van der Waals surface area contributed by atoms with Crippen LogP contribution in [0.5, 0.6) is 0 Å². The molecule has 0 aromatic rings. The molecule has 0 unspecified atom stereocenters. The average molecular weight is 229 g/mol. The number of carbonyl (C=O) groups excluding carboxylic acids is 1. The van der Waals surface area contributed by atoms with Gasteiger partial charge in [-0.1, -0.05) is 41.5 Å². The Kier molecular flexibility index (Phi) is 7.18. The second kappa shape index (κ2) is 7.53. The van der Waals surface area contributed by atoms with E-state index in [0.717, 1.165) is 0 Å². The van der Waals surface area contributed by atoms with Crippen LogP contribution in [0, 0.1) is 23.7 Å². The summed E-state index contributed by atoms with van der Waals surface area (Å²) in [6, 6.07) is 0. The molecule has 0 aliphatic carbocycles. The lowest BCUT2D eigenvalue weighted by Gasteiger charge is -2.24. The number of rotatable bonds is 6. The first-order chi connectivity index (χ1) is 7.34. The Bertz CT molecular complexity index is 192. The van der Waals surface area contributed by atoms with Gasteiger partial charge in [-0.2, -0.15) is 0 Å². The van der Waals surface area contributed by atoms with Crippen LogP contribution in [0.3, 0.4) is 0 Å². The molecule has 0 heterocycles. The fourth-order valence-electron chi connectivity index (χ4n) is 1.67. The number of hydrogen-bond acceptors (Lipinski definition) is 2. The molecule has 1 N–H and O–H groups in total. The first-order valence-electron chi connectivity index (χ1n) is 6.25. The summed E-state index contributed by atoms with van der Waals surface area (Å²) in [6.07, 6.45) is -0.292. The zero-order chi connectivity index (χ0) is 12.7. The maximum atomic E-state index is 11.4. The molecule has 0 rings (SSSR count). The van der Waals surface area contributed by atoms with Gasteiger partial charge >= 0.3 is 6.09 Å². The van der Waals surface area contributed by atoms with E-state index >= 15 is 0 Å². The summed E-state index contributed by atoms with van der Waals surface area (Å²) in [6.45, 7) is 14.0. The van der Waals surface area contributed by atoms with Crippen LogP contribution in [-0.2, 0) is 4.74 Å². The molecule has 0 saturated carbocycles. The van der Waals surface area contributed by atoms with Gasteiger partial charge in [0.25, 0.3) is 0 Å². The summed E-state index contributed by atoms with van der Waals surface area (Å²) < 4.78 is 5.23. The molecule has 0 radical (unpaired) electrons. The Labute approximate surface area is 99.9 Å². The van der Waals surface area contributed by atoms with Crippen LogP contribution in [0.15, 0.2) is 0 Å². The van der Waals surface area contributed by atoms with E-state index in [9.17, 15) is 4.79 Å². The van der Waals surface area contributed by atoms with E-state index in [1.165, 1.54) is 0 Å². The van der Waals surface area contributed by atoms with Gasteiger partial charge < -0.3 is 10.1 Å². The molecule has 96 valence electrons. The zero-order valence-electron chi connectivity index (χ0n) is 11.5. The van der Waals surface area contributed by atoms with Crippen LogP contribution >= 0.6 is 0 Å². The summed E-state index contributed by atoms with van der Waals surface area (Å²) in [4.78, 5) is 11.4. The molecule has 0 bridgehead atoms. The normalized spacial score (nSPS) is 11.6. The van der Waals surface area contributed by atoms with Crippen LogP contribution in [-0.4, -0.2) is 19.2 Å². The molecule has 0 saturated heterocycles. The lowest BCUT2D eigenvalue weighted by Crippen LogP contribution is -2.31. The average Bonchev–Trinajstić information content (AvgIpc) is 2.13. The van der Waals surface area contributed by atoms with E-state index in [2.05, 4.69) is 46.9 Å². The Morgan fingerprint density at radius 1 is 1.06 bits per heavy atom. The first kappa shape index (κ1) is 15.3. The standard InChI is InChI=1S/C13H27NO2/c1-9(2)7-14-13(15)16-8-12(10(3)4)11(5)6/h9-12H,7-8H2,1-6H3,(H,14,15). The zero-order valence-corrected chi connectivity index (χ0v) is 11.5. The lowest BCUT2D eigenvalue weighted by atomic mass is 9.86. The topological polar surface area (TPSA) is 38.3 Å². The predicted molar refractivity (Wildman–Crippen MR) is 67.4 cm³/mol. The molecular formula is C13H27NO2. The van der Waals surface area contributed by atoms with E-state index in [-0.39, 0.29) is 6.09 Å². The van der Waals surface area contributed by atoms with Crippen molar-refractivity contribution < 1.29 is 9.53 Å². The number of hydrogen-bond donors (Lipinski definition) is 1. The van der Waals surface area contributed by atoms with Crippen molar-refractivity contribution in [3.63, 3.8) is 0 Å². The highest BCUT2D eigenvalue weighted by molar-refractivity contribution is 5.67. The Morgan fingerprint density at radius 3 is 1.94 bits per heavy atom. The van der Waals surface area contributed by atoms with Crippen LogP contribution in [0.4, 0.5) is 4.79 Å². The van der Waals surface area contributed by atoms with Crippen molar-refractivity contribution in [3.8, 4) is 0 Å². The molecule has 0 spiro atoms. The smallest absolute Gasteiger partial charge is 0.407 e. The number of ether oxygens (including phenoxy) is 1. The SMILES string of the molecule is CC(C)CNC(=O)OCC(C(C)C)C(C)C. The van der Waals surface area contributed by atoms with Crippen LogP contribution in [0.25, 0.3) is 0 Å². The fourth-order valence-corrected chi connectivity index (χ4v) is 1.67. The van der Waals surface area contributed by atoms with Gasteiger partial charge in [0.15, 0.2) is 0 Å². The second-order valence-electron chi connectivity index (χ2n) is 5.53. The molecule has 3 nitrogen and oxygen atoms in total. The maximum absolute atomic E-state index is 11.4. The van der Waals surface area contributed by atoms with Crippen molar-refractivity contribution in [2.75, 3.05) is 13.2 Å². The summed E-state index contributed by atoms with van der Waals surface area (Å²) in [7, 11) is 0. The fraction of sp³-hybridized carbons (Fsp3) is 0.923. The van der Waals surface area contributed by atoms with E-state index < -0.39 is 0 Å². The molecule has 16 heavy (non-hydrogen) atoms. The molecule has 0 fully saturated rings. The molecule has 0 aliphatic heterocycles. The first-order valence-corrected chi connectivity index (χ1v) is 6.25.